The summed E-state index contributed by atoms with van der Waals surface area (Å²) in [6.45, 7) is 4.09. The molecule has 4 heteroatoms. The molecule has 136 valence electrons. The van der Waals surface area contributed by atoms with E-state index in [4.69, 9.17) is 0 Å². The minimum absolute atomic E-state index is 0.155. The zero-order chi connectivity index (χ0) is 18.8. The SMILES string of the molecule is Cc1ccc(C2CC(=O)C=C(Nc3n[nH]c(C)c3-c3ccccc3)C2)cc1. The van der Waals surface area contributed by atoms with Gasteiger partial charge in [-0.25, -0.2) is 0 Å². The van der Waals surface area contributed by atoms with Crippen molar-refractivity contribution in [1.82, 2.24) is 10.2 Å². The van der Waals surface area contributed by atoms with Crippen molar-refractivity contribution in [1.29, 1.82) is 0 Å². The number of allylic oxidation sites excluding steroid dienone is 2. The van der Waals surface area contributed by atoms with Crippen molar-refractivity contribution in [2.45, 2.75) is 32.6 Å². The van der Waals surface area contributed by atoms with Gasteiger partial charge in [0.15, 0.2) is 11.6 Å². The molecule has 2 aromatic carbocycles. The molecule has 0 saturated carbocycles. The molecule has 1 aliphatic rings. The fourth-order valence-electron chi connectivity index (χ4n) is 3.68. The van der Waals surface area contributed by atoms with E-state index in [-0.39, 0.29) is 11.7 Å². The maximum atomic E-state index is 12.3. The van der Waals surface area contributed by atoms with Gasteiger partial charge in [0.05, 0.1) is 0 Å². The number of hydrogen-bond donors (Lipinski definition) is 2. The van der Waals surface area contributed by atoms with Crippen molar-refractivity contribution in [3.8, 4) is 11.1 Å². The third-order valence-corrected chi connectivity index (χ3v) is 5.09. The summed E-state index contributed by atoms with van der Waals surface area (Å²) in [4.78, 5) is 12.3. The highest BCUT2D eigenvalue weighted by Gasteiger charge is 2.23. The Bertz CT molecular complexity index is 984. The van der Waals surface area contributed by atoms with E-state index in [1.807, 2.05) is 25.1 Å². The summed E-state index contributed by atoms with van der Waals surface area (Å²) >= 11 is 0. The highest BCUT2D eigenvalue weighted by atomic mass is 16.1. The Morgan fingerprint density at radius 1 is 1.00 bits per heavy atom. The molecule has 2 N–H and O–H groups in total. The Labute approximate surface area is 159 Å². The van der Waals surface area contributed by atoms with Gasteiger partial charge in [-0.3, -0.25) is 9.89 Å². The molecular weight excluding hydrogens is 334 g/mol. The summed E-state index contributed by atoms with van der Waals surface area (Å²) in [6.07, 6.45) is 3.08. The maximum absolute atomic E-state index is 12.3. The van der Waals surface area contributed by atoms with E-state index in [1.54, 1.807) is 6.08 Å². The Balaban J connectivity index is 1.60. The standard InChI is InChI=1S/C23H23N3O/c1-15-8-10-17(11-9-15)19-12-20(14-21(27)13-19)24-23-22(16(2)25-26-23)18-6-4-3-5-7-18/h3-11,14,19H,12-13H2,1-2H3,(H2,24,25,26). The van der Waals surface area contributed by atoms with Gasteiger partial charge in [-0.05, 0) is 37.3 Å². The van der Waals surface area contributed by atoms with Crippen molar-refractivity contribution in [2.24, 2.45) is 0 Å². The lowest BCUT2D eigenvalue weighted by Gasteiger charge is -2.23. The molecule has 1 atom stereocenters. The first-order valence-corrected chi connectivity index (χ1v) is 9.27. The number of H-pyrrole nitrogens is 1. The molecule has 4 rings (SSSR count). The van der Waals surface area contributed by atoms with Crippen LogP contribution in [0, 0.1) is 13.8 Å². The van der Waals surface area contributed by atoms with Gasteiger partial charge in [0.25, 0.3) is 0 Å². The second-order valence-electron chi connectivity index (χ2n) is 7.21. The predicted molar refractivity (Wildman–Crippen MR) is 109 cm³/mol. The van der Waals surface area contributed by atoms with E-state index >= 15 is 0 Å². The zero-order valence-corrected chi connectivity index (χ0v) is 15.6. The molecule has 0 aliphatic heterocycles. The molecule has 0 bridgehead atoms. The maximum Gasteiger partial charge on any atom is 0.160 e. The number of ketones is 1. The molecule has 1 aromatic heterocycles. The average molecular weight is 357 g/mol. The van der Waals surface area contributed by atoms with Gasteiger partial charge in [0.2, 0.25) is 0 Å². The first-order chi connectivity index (χ1) is 13.1. The van der Waals surface area contributed by atoms with Crippen LogP contribution in [0.25, 0.3) is 11.1 Å². The lowest BCUT2D eigenvalue weighted by atomic mass is 9.85. The summed E-state index contributed by atoms with van der Waals surface area (Å²) < 4.78 is 0. The lowest BCUT2D eigenvalue weighted by Crippen LogP contribution is -2.17. The lowest BCUT2D eigenvalue weighted by molar-refractivity contribution is -0.115. The molecular formula is C23H23N3O. The number of rotatable bonds is 4. The van der Waals surface area contributed by atoms with E-state index in [9.17, 15) is 4.79 Å². The van der Waals surface area contributed by atoms with Crippen molar-refractivity contribution in [3.05, 3.63) is 83.2 Å². The number of aromatic amines is 1. The van der Waals surface area contributed by atoms with Gasteiger partial charge in [-0.1, -0.05) is 60.2 Å². The van der Waals surface area contributed by atoms with E-state index in [0.29, 0.717) is 6.42 Å². The van der Waals surface area contributed by atoms with Crippen LogP contribution in [0.3, 0.4) is 0 Å². The highest BCUT2D eigenvalue weighted by molar-refractivity contribution is 5.93. The zero-order valence-electron chi connectivity index (χ0n) is 15.6. The quantitative estimate of drug-likeness (QED) is 0.680. The molecule has 1 aliphatic carbocycles. The summed E-state index contributed by atoms with van der Waals surface area (Å²) in [7, 11) is 0. The van der Waals surface area contributed by atoms with Crippen LogP contribution < -0.4 is 5.32 Å². The summed E-state index contributed by atoms with van der Waals surface area (Å²) in [5.74, 6) is 1.12. The molecule has 0 fully saturated rings. The van der Waals surface area contributed by atoms with Gasteiger partial charge in [-0.2, -0.15) is 5.10 Å². The molecule has 4 nitrogen and oxygen atoms in total. The Kier molecular flexibility index (Phi) is 4.63. The van der Waals surface area contributed by atoms with Crippen LogP contribution in [-0.2, 0) is 4.79 Å². The van der Waals surface area contributed by atoms with Crippen LogP contribution in [0.4, 0.5) is 5.82 Å². The Hall–Kier alpha value is -3.14. The third kappa shape index (κ3) is 3.70. The number of nitrogens with zero attached hydrogens (tertiary/aromatic N) is 1. The number of anilines is 1. The second-order valence-corrected chi connectivity index (χ2v) is 7.21. The minimum Gasteiger partial charge on any atom is -0.342 e. The Morgan fingerprint density at radius 2 is 1.74 bits per heavy atom. The minimum atomic E-state index is 0.155. The monoisotopic (exact) mass is 357 g/mol. The van der Waals surface area contributed by atoms with Gasteiger partial charge >= 0.3 is 0 Å². The van der Waals surface area contributed by atoms with Gasteiger partial charge in [-0.15, -0.1) is 0 Å². The molecule has 0 saturated heterocycles. The molecule has 3 aromatic rings. The Morgan fingerprint density at radius 3 is 2.48 bits per heavy atom. The summed E-state index contributed by atoms with van der Waals surface area (Å²) in [6, 6.07) is 18.6. The number of benzene rings is 2. The second kappa shape index (κ2) is 7.23. The largest absolute Gasteiger partial charge is 0.342 e. The van der Waals surface area contributed by atoms with Crippen LogP contribution in [-0.4, -0.2) is 16.0 Å². The molecule has 27 heavy (non-hydrogen) atoms. The summed E-state index contributed by atoms with van der Waals surface area (Å²) in [5, 5.41) is 10.9. The van der Waals surface area contributed by atoms with Crippen LogP contribution >= 0.6 is 0 Å². The predicted octanol–water partition coefficient (Wildman–Crippen LogP) is 5.14. The number of carbonyl (C=O) groups excluding carboxylic acids is 1. The number of aryl methyl sites for hydroxylation is 2. The third-order valence-electron chi connectivity index (χ3n) is 5.09. The molecule has 0 amide bonds. The van der Waals surface area contributed by atoms with Crippen LogP contribution in [0.15, 0.2) is 66.4 Å². The van der Waals surface area contributed by atoms with E-state index in [2.05, 4.69) is 58.8 Å². The van der Waals surface area contributed by atoms with E-state index in [0.717, 1.165) is 34.8 Å². The van der Waals surface area contributed by atoms with Crippen molar-refractivity contribution >= 4 is 11.6 Å². The molecule has 1 heterocycles. The average Bonchev–Trinajstić information content (AvgIpc) is 3.02. The van der Waals surface area contributed by atoms with Crippen molar-refractivity contribution in [3.63, 3.8) is 0 Å². The fraction of sp³-hybridized carbons (Fsp3) is 0.217. The fourth-order valence-corrected chi connectivity index (χ4v) is 3.68. The first-order valence-electron chi connectivity index (χ1n) is 9.27. The smallest absolute Gasteiger partial charge is 0.160 e. The topological polar surface area (TPSA) is 57.8 Å². The number of carbonyl (C=O) groups is 1. The number of aromatic nitrogens is 2. The van der Waals surface area contributed by atoms with E-state index in [1.165, 1.54) is 11.1 Å². The van der Waals surface area contributed by atoms with Crippen LogP contribution in [0.1, 0.15) is 35.6 Å². The summed E-state index contributed by atoms with van der Waals surface area (Å²) in [5.41, 5.74) is 6.50. The van der Waals surface area contributed by atoms with Crippen molar-refractivity contribution < 1.29 is 4.79 Å². The molecule has 0 spiro atoms. The number of nitrogens with one attached hydrogen (secondary N) is 2. The van der Waals surface area contributed by atoms with Crippen LogP contribution in [0.5, 0.6) is 0 Å². The number of hydrogen-bond acceptors (Lipinski definition) is 3. The normalized spacial score (nSPS) is 16.9. The molecule has 1 unspecified atom stereocenters. The highest BCUT2D eigenvalue weighted by Crippen LogP contribution is 2.35. The first kappa shape index (κ1) is 17.3. The molecule has 0 radical (unpaired) electrons. The van der Waals surface area contributed by atoms with Crippen LogP contribution in [0.2, 0.25) is 0 Å². The van der Waals surface area contributed by atoms with Gasteiger partial charge < -0.3 is 5.32 Å². The van der Waals surface area contributed by atoms with E-state index < -0.39 is 0 Å². The van der Waals surface area contributed by atoms with Gasteiger partial charge in [0.1, 0.15) is 0 Å². The van der Waals surface area contributed by atoms with Gasteiger partial charge in [0, 0.05) is 29.5 Å². The van der Waals surface area contributed by atoms with Crippen molar-refractivity contribution in [2.75, 3.05) is 5.32 Å².